The molecule has 0 bridgehead atoms. The van der Waals surface area contributed by atoms with Crippen LogP contribution in [0.1, 0.15) is 55.7 Å². The van der Waals surface area contributed by atoms with Gasteiger partial charge in [-0.15, -0.1) is 0 Å². The molecule has 0 saturated heterocycles. The van der Waals surface area contributed by atoms with Crippen molar-refractivity contribution in [2.75, 3.05) is 18.1 Å². The van der Waals surface area contributed by atoms with Gasteiger partial charge in [-0.2, -0.15) is 0 Å². The van der Waals surface area contributed by atoms with Crippen LogP contribution < -0.4 is 15.0 Å². The van der Waals surface area contributed by atoms with E-state index < -0.39 is 12.0 Å². The van der Waals surface area contributed by atoms with E-state index >= 15 is 0 Å². The Morgan fingerprint density at radius 3 is 2.90 bits per heavy atom. The molecule has 0 amide bonds. The minimum atomic E-state index is -0.894. The number of hydrogen-bond acceptors (Lipinski definition) is 8. The van der Waals surface area contributed by atoms with Gasteiger partial charge in [0.2, 0.25) is 0 Å². The zero-order chi connectivity index (χ0) is 28.0. The molecule has 1 aromatic carbocycles. The number of nitrogens with one attached hydrogen (secondary N) is 2. The van der Waals surface area contributed by atoms with Crippen molar-refractivity contribution in [1.29, 1.82) is 0 Å². The lowest BCUT2D eigenvalue weighted by atomic mass is 9.76. The van der Waals surface area contributed by atoms with Crippen LogP contribution in [0.2, 0.25) is 0 Å². The predicted molar refractivity (Wildman–Crippen MR) is 152 cm³/mol. The Morgan fingerprint density at radius 1 is 1.23 bits per heavy atom. The SMILES string of the molecule is Cc1nc2ncc(-c3ccc4c(c3)CN(c3nc(CN[C@@H](C)C(=O)O)nc5c3CC(C)(C)CC5)CCO4)cc2[nH]1. The summed E-state index contributed by atoms with van der Waals surface area (Å²) in [5.41, 5.74) is 7.19. The molecule has 6 rings (SSSR count). The highest BCUT2D eigenvalue weighted by atomic mass is 16.5. The summed E-state index contributed by atoms with van der Waals surface area (Å²) >= 11 is 0. The molecule has 1 aliphatic heterocycles. The lowest BCUT2D eigenvalue weighted by molar-refractivity contribution is -0.139. The average Bonchev–Trinajstić information content (AvgIpc) is 3.16. The van der Waals surface area contributed by atoms with Gasteiger partial charge >= 0.3 is 5.97 Å². The van der Waals surface area contributed by atoms with Gasteiger partial charge in [0.15, 0.2) is 5.65 Å². The van der Waals surface area contributed by atoms with E-state index in [4.69, 9.17) is 14.7 Å². The van der Waals surface area contributed by atoms with Crippen molar-refractivity contribution < 1.29 is 14.6 Å². The maximum absolute atomic E-state index is 11.4. The normalized spacial score (nSPS) is 17.1. The first-order valence-electron chi connectivity index (χ1n) is 13.8. The Hall–Kier alpha value is -4.05. The summed E-state index contributed by atoms with van der Waals surface area (Å²) in [4.78, 5) is 35.8. The van der Waals surface area contributed by atoms with Crippen molar-refractivity contribution in [2.24, 2.45) is 5.41 Å². The number of rotatable bonds is 6. The number of fused-ring (bicyclic) bond motifs is 3. The fourth-order valence-electron chi connectivity index (χ4n) is 5.58. The number of aryl methyl sites for hydroxylation is 2. The van der Waals surface area contributed by atoms with Crippen molar-refractivity contribution in [3.05, 3.63) is 58.9 Å². The van der Waals surface area contributed by atoms with Crippen LogP contribution >= 0.6 is 0 Å². The molecule has 0 radical (unpaired) electrons. The van der Waals surface area contributed by atoms with Crippen molar-refractivity contribution in [1.82, 2.24) is 30.2 Å². The monoisotopic (exact) mass is 541 g/mol. The third kappa shape index (κ3) is 5.23. The largest absolute Gasteiger partial charge is 0.491 e. The number of pyridine rings is 1. The number of aliphatic carboxylic acids is 1. The first kappa shape index (κ1) is 26.2. The summed E-state index contributed by atoms with van der Waals surface area (Å²) in [6.45, 7) is 10.3. The van der Waals surface area contributed by atoms with Crippen LogP contribution in [0.3, 0.4) is 0 Å². The van der Waals surface area contributed by atoms with E-state index in [1.165, 1.54) is 5.56 Å². The molecule has 0 saturated carbocycles. The van der Waals surface area contributed by atoms with Crippen molar-refractivity contribution >= 4 is 23.0 Å². The fraction of sp³-hybridized carbons (Fsp3) is 0.433. The smallest absolute Gasteiger partial charge is 0.320 e. The fourth-order valence-corrected chi connectivity index (χ4v) is 5.58. The molecule has 3 aromatic heterocycles. The number of benzene rings is 1. The van der Waals surface area contributed by atoms with Crippen molar-refractivity contribution in [3.63, 3.8) is 0 Å². The summed E-state index contributed by atoms with van der Waals surface area (Å²) in [6.07, 6.45) is 4.70. The zero-order valence-electron chi connectivity index (χ0n) is 23.4. The molecule has 0 spiro atoms. The number of aromatic amines is 1. The number of carboxylic acids is 1. The van der Waals surface area contributed by atoms with E-state index in [-0.39, 0.29) is 5.41 Å². The molecule has 208 valence electrons. The lowest BCUT2D eigenvalue weighted by Gasteiger charge is -2.34. The summed E-state index contributed by atoms with van der Waals surface area (Å²) in [5.74, 6) is 2.37. The summed E-state index contributed by atoms with van der Waals surface area (Å²) in [6, 6.07) is 7.69. The van der Waals surface area contributed by atoms with E-state index in [0.29, 0.717) is 37.7 Å². The number of H-pyrrole nitrogens is 1. The second-order valence-corrected chi connectivity index (χ2v) is 11.7. The summed E-state index contributed by atoms with van der Waals surface area (Å²) in [7, 11) is 0. The minimum Gasteiger partial charge on any atom is -0.491 e. The number of carbonyl (C=O) groups is 1. The van der Waals surface area contributed by atoms with Gasteiger partial charge in [0.05, 0.1) is 18.6 Å². The van der Waals surface area contributed by atoms with E-state index in [0.717, 1.165) is 64.6 Å². The Balaban J connectivity index is 1.35. The third-order valence-corrected chi connectivity index (χ3v) is 7.88. The van der Waals surface area contributed by atoms with Gasteiger partial charge in [-0.1, -0.05) is 19.9 Å². The number of ether oxygens (including phenoxy) is 1. The second kappa shape index (κ2) is 10.2. The van der Waals surface area contributed by atoms with Gasteiger partial charge in [0, 0.05) is 35.1 Å². The van der Waals surface area contributed by atoms with Crippen LogP contribution in [0.5, 0.6) is 5.75 Å². The van der Waals surface area contributed by atoms with E-state index in [2.05, 4.69) is 57.2 Å². The van der Waals surface area contributed by atoms with Crippen molar-refractivity contribution in [3.8, 4) is 16.9 Å². The number of nitrogens with zero attached hydrogens (tertiary/aromatic N) is 5. The molecular formula is C30H35N7O3. The lowest BCUT2D eigenvalue weighted by Crippen LogP contribution is -2.35. The molecule has 0 unspecified atom stereocenters. The summed E-state index contributed by atoms with van der Waals surface area (Å²) in [5, 5.41) is 12.4. The van der Waals surface area contributed by atoms with Crippen LogP contribution in [0.4, 0.5) is 5.82 Å². The first-order valence-corrected chi connectivity index (χ1v) is 13.8. The summed E-state index contributed by atoms with van der Waals surface area (Å²) < 4.78 is 6.19. The average molecular weight is 542 g/mol. The number of anilines is 1. The molecular weight excluding hydrogens is 506 g/mol. The van der Waals surface area contributed by atoms with Crippen LogP contribution in [0.25, 0.3) is 22.3 Å². The molecule has 10 nitrogen and oxygen atoms in total. The quantitative estimate of drug-likeness (QED) is 0.329. The van der Waals surface area contributed by atoms with Crippen LogP contribution in [-0.2, 0) is 30.7 Å². The maximum atomic E-state index is 11.4. The Kier molecular flexibility index (Phi) is 6.66. The Morgan fingerprint density at radius 2 is 2.08 bits per heavy atom. The van der Waals surface area contributed by atoms with Gasteiger partial charge in [0.25, 0.3) is 0 Å². The van der Waals surface area contributed by atoms with E-state index in [9.17, 15) is 9.90 Å². The van der Waals surface area contributed by atoms with Gasteiger partial charge in [0.1, 0.15) is 35.9 Å². The van der Waals surface area contributed by atoms with E-state index in [1.807, 2.05) is 19.2 Å². The number of imidazole rings is 1. The number of hydrogen-bond donors (Lipinski definition) is 3. The molecule has 10 heteroatoms. The Labute approximate surface area is 233 Å². The van der Waals surface area contributed by atoms with Gasteiger partial charge in [-0.25, -0.2) is 19.9 Å². The van der Waals surface area contributed by atoms with Gasteiger partial charge in [-0.05, 0) is 62.3 Å². The molecule has 1 aliphatic carbocycles. The molecule has 0 fully saturated rings. The van der Waals surface area contributed by atoms with Crippen LogP contribution in [-0.4, -0.2) is 55.2 Å². The molecule has 1 atom stereocenters. The second-order valence-electron chi connectivity index (χ2n) is 11.7. The molecule has 4 heterocycles. The highest BCUT2D eigenvalue weighted by Gasteiger charge is 2.32. The molecule has 2 aliphatic rings. The topological polar surface area (TPSA) is 129 Å². The van der Waals surface area contributed by atoms with Crippen LogP contribution in [0, 0.1) is 12.3 Å². The standard InChI is InChI=1S/C30H35N7O3/c1-17(29(38)39)31-15-26-35-23-7-8-30(3,4)13-22(23)28(36-26)37-9-10-40-25-6-5-19(11-21(25)16-37)20-12-24-27(32-14-20)34-18(2)33-24/h5-6,11-12,14,17,31H,7-10,13,15-16H2,1-4H3,(H,38,39)(H,32,33,34)/t17-/m0/s1. The third-order valence-electron chi connectivity index (χ3n) is 7.88. The predicted octanol–water partition coefficient (Wildman–Crippen LogP) is 4.20. The maximum Gasteiger partial charge on any atom is 0.320 e. The molecule has 4 aromatic rings. The van der Waals surface area contributed by atoms with E-state index in [1.54, 1.807) is 6.92 Å². The highest BCUT2D eigenvalue weighted by Crippen LogP contribution is 2.39. The molecule has 40 heavy (non-hydrogen) atoms. The van der Waals surface area contributed by atoms with Crippen LogP contribution in [0.15, 0.2) is 30.5 Å². The number of carboxylic acid groups (broad SMARTS) is 1. The Bertz CT molecular complexity index is 1600. The van der Waals surface area contributed by atoms with Gasteiger partial charge < -0.3 is 19.7 Å². The molecule has 3 N–H and O–H groups in total. The number of aromatic nitrogens is 5. The van der Waals surface area contributed by atoms with Gasteiger partial charge in [-0.3, -0.25) is 10.1 Å². The highest BCUT2D eigenvalue weighted by molar-refractivity contribution is 5.78. The van der Waals surface area contributed by atoms with Crippen molar-refractivity contribution in [2.45, 2.75) is 66.1 Å². The zero-order valence-corrected chi connectivity index (χ0v) is 23.4. The first-order chi connectivity index (χ1) is 19.1. The minimum absolute atomic E-state index is 0.160.